The Morgan fingerprint density at radius 1 is 0.733 bits per heavy atom. The zero-order valence-corrected chi connectivity index (χ0v) is 30.8. The lowest BCUT2D eigenvalue weighted by molar-refractivity contribution is -0.193. The van der Waals surface area contributed by atoms with Crippen LogP contribution in [-0.4, -0.2) is 120 Å². The molecule has 2 aliphatic rings. The molecule has 2 aliphatic heterocycles. The standard InChI is InChI=1S/C27H26ClN9O2.3C2HF3O2/c28-22-16-32-26-34-21-12-18(14-29-15-21)2-3-19-13-20(33-25(22)35-26)4-5-23(19)39-17-24(38)36-8-10-37(11-9-36)27-30-6-1-7-31-27;3*3-2(4,5)1(6)7/h1,4-7,12-16H,2-3,8-11,17H2,(H2,32,33,34,35);3*(H,6,7). The van der Waals surface area contributed by atoms with Crippen molar-refractivity contribution in [2.75, 3.05) is 48.3 Å². The van der Waals surface area contributed by atoms with Gasteiger partial charge in [0.1, 0.15) is 10.8 Å². The molecule has 60 heavy (non-hydrogen) atoms. The lowest BCUT2D eigenvalue weighted by Gasteiger charge is -2.34. The predicted octanol–water partition coefficient (Wildman–Crippen LogP) is 5.53. The predicted molar refractivity (Wildman–Crippen MR) is 189 cm³/mol. The normalized spacial score (nSPS) is 13.5. The highest BCUT2D eigenvalue weighted by atomic mass is 35.5. The van der Waals surface area contributed by atoms with Gasteiger partial charge in [0.25, 0.3) is 5.91 Å². The number of aliphatic carboxylic acids is 3. The molecule has 27 heteroatoms. The summed E-state index contributed by atoms with van der Waals surface area (Å²) >= 11 is 6.36. The molecule has 5 N–H and O–H groups in total. The van der Waals surface area contributed by atoms with E-state index in [2.05, 4.69) is 40.5 Å². The van der Waals surface area contributed by atoms with Gasteiger partial charge in [-0.15, -0.1) is 0 Å². The Hall–Kier alpha value is -6.73. The quantitative estimate of drug-likeness (QED) is 0.159. The lowest BCUT2D eigenvalue weighted by atomic mass is 10.0. The number of anilines is 5. The molecule has 0 saturated carbocycles. The van der Waals surface area contributed by atoms with Crippen molar-refractivity contribution in [1.29, 1.82) is 0 Å². The van der Waals surface area contributed by atoms with E-state index in [1.54, 1.807) is 30.9 Å². The summed E-state index contributed by atoms with van der Waals surface area (Å²) < 4.78 is 101. The summed E-state index contributed by atoms with van der Waals surface area (Å²) in [5.41, 5.74) is 3.60. The van der Waals surface area contributed by atoms with Crippen LogP contribution in [0.1, 0.15) is 11.1 Å². The van der Waals surface area contributed by atoms with Crippen molar-refractivity contribution in [3.63, 3.8) is 0 Å². The van der Waals surface area contributed by atoms with Gasteiger partial charge in [0, 0.05) is 50.5 Å². The number of ether oxygens (including phenoxy) is 1. The largest absolute Gasteiger partial charge is 0.490 e. The number of carbonyl (C=O) groups excluding carboxylic acids is 1. The molecule has 0 unspecified atom stereocenters. The molecule has 0 radical (unpaired) electrons. The van der Waals surface area contributed by atoms with Gasteiger partial charge in [-0.1, -0.05) is 11.6 Å². The number of aromatic nitrogens is 5. The fourth-order valence-electron chi connectivity index (χ4n) is 4.59. The van der Waals surface area contributed by atoms with Crippen LogP contribution in [0.4, 0.5) is 68.6 Å². The van der Waals surface area contributed by atoms with Crippen LogP contribution in [0.3, 0.4) is 0 Å². The number of piperazine rings is 1. The Morgan fingerprint density at radius 2 is 1.30 bits per heavy atom. The average Bonchev–Trinajstić information content (AvgIpc) is 3.18. The Balaban J connectivity index is 0.000000377. The van der Waals surface area contributed by atoms with Crippen LogP contribution >= 0.6 is 11.6 Å². The molecule has 0 aliphatic carbocycles. The van der Waals surface area contributed by atoms with E-state index in [-0.39, 0.29) is 12.5 Å². The summed E-state index contributed by atoms with van der Waals surface area (Å²) in [7, 11) is 0. The number of carbonyl (C=O) groups is 4. The summed E-state index contributed by atoms with van der Waals surface area (Å²) in [4.78, 5) is 65.3. The number of carboxylic acids is 3. The molecule has 324 valence electrons. The molecule has 0 atom stereocenters. The highest BCUT2D eigenvalue weighted by molar-refractivity contribution is 6.32. The van der Waals surface area contributed by atoms with E-state index >= 15 is 0 Å². The van der Waals surface area contributed by atoms with Gasteiger partial charge in [-0.2, -0.15) is 44.5 Å². The molecule has 6 bridgehead atoms. The third-order valence-corrected chi connectivity index (χ3v) is 7.62. The van der Waals surface area contributed by atoms with Gasteiger partial charge in [-0.25, -0.2) is 29.3 Å². The minimum atomic E-state index is -5.08. The molecule has 1 fully saturated rings. The first-order chi connectivity index (χ1) is 27.9. The molecule has 4 aromatic rings. The van der Waals surface area contributed by atoms with Gasteiger partial charge in [0.2, 0.25) is 11.9 Å². The SMILES string of the molecule is O=C(COc1ccc2cc1CCc1cncc(c1)Nc1ncc(Cl)c(n1)N2)N1CCN(c2ncccn2)CC1.O=C(O)C(F)(F)F.O=C(O)C(F)(F)F.O=C(O)C(F)(F)F. The number of amides is 1. The molecule has 1 amide bonds. The maximum atomic E-state index is 13.0. The number of rotatable bonds is 4. The molecular weight excluding hydrogens is 857 g/mol. The number of hydrogen-bond acceptors (Lipinski definition) is 13. The van der Waals surface area contributed by atoms with Crippen LogP contribution in [0.15, 0.2) is 61.3 Å². The summed E-state index contributed by atoms with van der Waals surface area (Å²) in [6, 6.07) is 9.57. The Bertz CT molecular complexity index is 2050. The first-order valence-electron chi connectivity index (χ1n) is 16.4. The zero-order valence-electron chi connectivity index (χ0n) is 30.0. The molecule has 5 heterocycles. The molecule has 0 spiro atoms. The fourth-order valence-corrected chi connectivity index (χ4v) is 4.73. The second kappa shape index (κ2) is 20.8. The van der Waals surface area contributed by atoms with Crippen molar-refractivity contribution >= 4 is 64.5 Å². The number of benzene rings is 1. The van der Waals surface area contributed by atoms with Crippen LogP contribution < -0.4 is 20.3 Å². The number of halogens is 10. The van der Waals surface area contributed by atoms with E-state index < -0.39 is 36.4 Å². The van der Waals surface area contributed by atoms with E-state index in [0.29, 0.717) is 61.1 Å². The summed E-state index contributed by atoms with van der Waals surface area (Å²) in [5.74, 6) is -6.08. The van der Waals surface area contributed by atoms with Crippen molar-refractivity contribution < 1.29 is 78.7 Å². The molecular formula is C33H29ClF9N9O8. The van der Waals surface area contributed by atoms with Gasteiger partial charge in [-0.3, -0.25) is 9.78 Å². The van der Waals surface area contributed by atoms with Gasteiger partial charge >= 0.3 is 36.4 Å². The van der Waals surface area contributed by atoms with Gasteiger partial charge in [0.15, 0.2) is 12.4 Å². The fraction of sp³-hybridized carbons (Fsp3) is 0.303. The number of pyridine rings is 1. The van der Waals surface area contributed by atoms with Crippen LogP contribution in [-0.2, 0) is 32.0 Å². The lowest BCUT2D eigenvalue weighted by Crippen LogP contribution is -2.50. The number of carboxylic acid groups (broad SMARTS) is 3. The number of nitrogens with zero attached hydrogens (tertiary/aromatic N) is 7. The van der Waals surface area contributed by atoms with Gasteiger partial charge < -0.3 is 40.5 Å². The van der Waals surface area contributed by atoms with Crippen LogP contribution in [0.2, 0.25) is 5.02 Å². The highest BCUT2D eigenvalue weighted by Crippen LogP contribution is 2.30. The van der Waals surface area contributed by atoms with E-state index in [1.165, 1.54) is 0 Å². The third-order valence-electron chi connectivity index (χ3n) is 7.35. The molecule has 17 nitrogen and oxygen atoms in total. The Labute approximate surface area is 335 Å². The summed E-state index contributed by atoms with van der Waals surface area (Å²) in [6.07, 6.45) is -5.26. The van der Waals surface area contributed by atoms with Gasteiger partial charge in [0.05, 0.1) is 18.1 Å². The summed E-state index contributed by atoms with van der Waals surface area (Å²) in [6.45, 7) is 2.50. The van der Waals surface area contributed by atoms with E-state index in [1.807, 2.05) is 35.4 Å². The Kier molecular flexibility index (Phi) is 16.5. The van der Waals surface area contributed by atoms with Crippen molar-refractivity contribution in [2.24, 2.45) is 0 Å². The first-order valence-corrected chi connectivity index (χ1v) is 16.8. The summed E-state index contributed by atoms with van der Waals surface area (Å²) in [5, 5.41) is 28.2. The second-order valence-electron chi connectivity index (χ2n) is 11.7. The van der Waals surface area contributed by atoms with E-state index in [0.717, 1.165) is 28.9 Å². The average molecular weight is 886 g/mol. The van der Waals surface area contributed by atoms with Crippen LogP contribution in [0.25, 0.3) is 0 Å². The maximum Gasteiger partial charge on any atom is 0.490 e. The number of hydrogen-bond donors (Lipinski definition) is 5. The number of aryl methyl sites for hydroxylation is 2. The first kappa shape index (κ1) is 47.6. The van der Waals surface area contributed by atoms with Crippen LogP contribution in [0, 0.1) is 0 Å². The third kappa shape index (κ3) is 15.6. The second-order valence-corrected chi connectivity index (χ2v) is 12.1. The topological polar surface area (TPSA) is 233 Å². The Morgan fingerprint density at radius 3 is 1.85 bits per heavy atom. The number of alkyl halides is 9. The zero-order chi connectivity index (χ0) is 44.8. The van der Waals surface area contributed by atoms with Crippen molar-refractivity contribution in [2.45, 2.75) is 31.4 Å². The van der Waals surface area contributed by atoms with Crippen molar-refractivity contribution in [3.05, 3.63) is 77.5 Å². The molecule has 6 rings (SSSR count). The highest BCUT2D eigenvalue weighted by Gasteiger charge is 2.39. The van der Waals surface area contributed by atoms with Crippen molar-refractivity contribution in [1.82, 2.24) is 29.8 Å². The number of fused-ring (bicyclic) bond motifs is 6. The van der Waals surface area contributed by atoms with E-state index in [9.17, 15) is 44.3 Å². The van der Waals surface area contributed by atoms with Crippen molar-refractivity contribution in [3.8, 4) is 5.75 Å². The minimum absolute atomic E-state index is 0.0380. The van der Waals surface area contributed by atoms with E-state index in [4.69, 9.17) is 46.0 Å². The molecule has 1 aromatic carbocycles. The van der Waals surface area contributed by atoms with Crippen LogP contribution in [0.5, 0.6) is 5.75 Å². The molecule has 3 aromatic heterocycles. The maximum absolute atomic E-state index is 13.0. The molecule has 1 saturated heterocycles. The smallest absolute Gasteiger partial charge is 0.483 e. The monoisotopic (exact) mass is 885 g/mol. The minimum Gasteiger partial charge on any atom is -0.483 e. The van der Waals surface area contributed by atoms with Gasteiger partial charge in [-0.05, 0) is 54.3 Å². The number of nitrogens with one attached hydrogen (secondary N) is 2.